The van der Waals surface area contributed by atoms with Crippen LogP contribution in [-0.4, -0.2) is 16.3 Å². The molecular weight excluding hydrogens is 353 g/mol. The van der Waals surface area contributed by atoms with E-state index in [9.17, 15) is 5.11 Å². The minimum Gasteiger partial charge on any atom is -0.506 e. The highest BCUT2D eigenvalue weighted by atomic mass is 35.5. The van der Waals surface area contributed by atoms with Gasteiger partial charge in [0.05, 0.1) is 16.9 Å². The molecule has 23 heavy (non-hydrogen) atoms. The number of hydrogen-bond acceptors (Lipinski definition) is 5. The second kappa shape index (κ2) is 7.00. The fourth-order valence-electron chi connectivity index (χ4n) is 1.84. The Bertz CT molecular complexity index is 847. The van der Waals surface area contributed by atoms with Gasteiger partial charge in [-0.1, -0.05) is 35.3 Å². The van der Waals surface area contributed by atoms with Crippen LogP contribution in [0.3, 0.4) is 0 Å². The lowest BCUT2D eigenvalue weighted by Gasteiger charge is -1.98. The Morgan fingerprint density at radius 1 is 1.13 bits per heavy atom. The van der Waals surface area contributed by atoms with E-state index in [0.29, 0.717) is 10.2 Å². The molecule has 1 aromatic heterocycles. The summed E-state index contributed by atoms with van der Waals surface area (Å²) in [6.45, 7) is 0. The van der Waals surface area contributed by atoms with Gasteiger partial charge < -0.3 is 5.11 Å². The quantitative estimate of drug-likeness (QED) is 0.490. The van der Waals surface area contributed by atoms with Crippen LogP contribution in [0, 0.1) is 0 Å². The Morgan fingerprint density at radius 2 is 1.91 bits per heavy atom. The Balaban J connectivity index is 1.68. The third-order valence-corrected chi connectivity index (χ3v) is 4.29. The van der Waals surface area contributed by atoms with E-state index < -0.39 is 0 Å². The van der Waals surface area contributed by atoms with Crippen molar-refractivity contribution in [3.63, 3.8) is 0 Å². The molecule has 0 radical (unpaired) electrons. The van der Waals surface area contributed by atoms with Gasteiger partial charge in [-0.2, -0.15) is 5.10 Å². The molecule has 0 aliphatic carbocycles. The molecule has 116 valence electrons. The molecule has 0 fully saturated rings. The number of phenolic OH excluding ortho intramolecular Hbond substituents is 1. The molecule has 0 bridgehead atoms. The second-order valence-electron chi connectivity index (χ2n) is 4.63. The van der Waals surface area contributed by atoms with Crippen molar-refractivity contribution in [3.8, 4) is 17.0 Å². The maximum atomic E-state index is 9.37. The van der Waals surface area contributed by atoms with Crippen molar-refractivity contribution < 1.29 is 5.11 Å². The third kappa shape index (κ3) is 4.01. The predicted molar refractivity (Wildman–Crippen MR) is 96.9 cm³/mol. The summed E-state index contributed by atoms with van der Waals surface area (Å²) in [4.78, 5) is 4.46. The van der Waals surface area contributed by atoms with E-state index in [1.54, 1.807) is 18.3 Å². The molecular formula is C16H11Cl2N3OS. The topological polar surface area (TPSA) is 57.5 Å². The highest BCUT2D eigenvalue weighted by Gasteiger charge is 2.04. The number of nitrogens with zero attached hydrogens (tertiary/aromatic N) is 2. The molecule has 0 unspecified atom stereocenters. The maximum absolute atomic E-state index is 9.37. The molecule has 0 atom stereocenters. The van der Waals surface area contributed by atoms with Crippen LogP contribution in [0.1, 0.15) is 5.56 Å². The zero-order chi connectivity index (χ0) is 16.2. The molecule has 7 heteroatoms. The Kier molecular flexibility index (Phi) is 4.81. The van der Waals surface area contributed by atoms with Crippen LogP contribution in [-0.2, 0) is 0 Å². The van der Waals surface area contributed by atoms with Crippen LogP contribution in [0.5, 0.6) is 5.75 Å². The lowest BCUT2D eigenvalue weighted by molar-refractivity contribution is 0.475. The molecule has 3 rings (SSSR count). The average molecular weight is 364 g/mol. The highest BCUT2D eigenvalue weighted by Crippen LogP contribution is 2.26. The average Bonchev–Trinajstić information content (AvgIpc) is 3.00. The van der Waals surface area contributed by atoms with Crippen LogP contribution in [0.4, 0.5) is 5.13 Å². The zero-order valence-electron chi connectivity index (χ0n) is 11.7. The van der Waals surface area contributed by atoms with Crippen molar-refractivity contribution >= 4 is 45.9 Å². The number of aromatic hydroxyl groups is 1. The number of rotatable bonds is 4. The molecule has 0 amide bonds. The number of hydrazone groups is 1. The second-order valence-corrected chi connectivity index (χ2v) is 6.33. The van der Waals surface area contributed by atoms with Gasteiger partial charge in [-0.3, -0.25) is 5.43 Å². The SMILES string of the molecule is Oc1ccc(/C=N\Nc2nc(-c3ccc(Cl)cc3)cs2)cc1Cl. The summed E-state index contributed by atoms with van der Waals surface area (Å²) in [6.07, 6.45) is 1.61. The van der Waals surface area contributed by atoms with Crippen LogP contribution < -0.4 is 5.43 Å². The van der Waals surface area contributed by atoms with E-state index in [4.69, 9.17) is 23.2 Å². The fourth-order valence-corrected chi connectivity index (χ4v) is 2.83. The monoisotopic (exact) mass is 363 g/mol. The minimum atomic E-state index is 0.0457. The molecule has 4 nitrogen and oxygen atoms in total. The standard InChI is InChI=1S/C16H11Cl2N3OS/c17-12-4-2-11(3-5-12)14-9-23-16(20-14)21-19-8-10-1-6-15(22)13(18)7-10/h1-9,22H,(H,20,21)/b19-8-. The number of benzene rings is 2. The van der Waals surface area contributed by atoms with Crippen molar-refractivity contribution in [3.05, 3.63) is 63.5 Å². The third-order valence-electron chi connectivity index (χ3n) is 2.99. The molecule has 0 saturated heterocycles. The normalized spacial score (nSPS) is 11.0. The number of nitrogens with one attached hydrogen (secondary N) is 1. The minimum absolute atomic E-state index is 0.0457. The molecule has 3 aromatic rings. The van der Waals surface area contributed by atoms with Crippen LogP contribution in [0.15, 0.2) is 52.9 Å². The van der Waals surface area contributed by atoms with Gasteiger partial charge in [-0.05, 0) is 35.9 Å². The first-order valence-corrected chi connectivity index (χ1v) is 8.24. The first-order valence-electron chi connectivity index (χ1n) is 6.61. The molecule has 0 spiro atoms. The van der Waals surface area contributed by atoms with Crippen molar-refractivity contribution in [1.82, 2.24) is 4.98 Å². The van der Waals surface area contributed by atoms with Crippen molar-refractivity contribution in [2.24, 2.45) is 5.10 Å². The number of aromatic nitrogens is 1. The molecule has 2 N–H and O–H groups in total. The van der Waals surface area contributed by atoms with Gasteiger partial charge in [0.15, 0.2) is 0 Å². The van der Waals surface area contributed by atoms with E-state index in [2.05, 4.69) is 15.5 Å². The van der Waals surface area contributed by atoms with Crippen molar-refractivity contribution in [2.75, 3.05) is 5.43 Å². The number of anilines is 1. The molecule has 0 aliphatic heterocycles. The van der Waals surface area contributed by atoms with E-state index >= 15 is 0 Å². The first kappa shape index (κ1) is 15.8. The summed E-state index contributed by atoms with van der Waals surface area (Å²) in [7, 11) is 0. The van der Waals surface area contributed by atoms with Gasteiger partial charge in [-0.25, -0.2) is 4.98 Å². The number of thiazole rings is 1. The zero-order valence-corrected chi connectivity index (χ0v) is 14.0. The predicted octanol–water partition coefficient (Wildman–Crippen LogP) is 5.27. The summed E-state index contributed by atoms with van der Waals surface area (Å²) in [5, 5.41) is 17.1. The van der Waals surface area contributed by atoms with Crippen molar-refractivity contribution in [2.45, 2.75) is 0 Å². The Hall–Kier alpha value is -2.08. The molecule has 2 aromatic carbocycles. The van der Waals surface area contributed by atoms with Gasteiger partial charge in [0.25, 0.3) is 0 Å². The van der Waals surface area contributed by atoms with Gasteiger partial charge >= 0.3 is 0 Å². The van der Waals surface area contributed by atoms with E-state index in [0.717, 1.165) is 16.8 Å². The number of phenols is 1. The van der Waals surface area contributed by atoms with E-state index in [1.807, 2.05) is 29.6 Å². The summed E-state index contributed by atoms with van der Waals surface area (Å²) < 4.78 is 0. The summed E-state index contributed by atoms with van der Waals surface area (Å²) in [5.41, 5.74) is 5.50. The maximum Gasteiger partial charge on any atom is 0.203 e. The first-order chi connectivity index (χ1) is 11.1. The smallest absolute Gasteiger partial charge is 0.203 e. The largest absolute Gasteiger partial charge is 0.506 e. The van der Waals surface area contributed by atoms with Gasteiger partial charge in [0, 0.05) is 16.0 Å². The highest BCUT2D eigenvalue weighted by molar-refractivity contribution is 7.14. The number of halogens is 2. The summed E-state index contributed by atoms with van der Waals surface area (Å²) >= 11 is 13.2. The molecule has 0 aliphatic rings. The van der Waals surface area contributed by atoms with Gasteiger partial charge in [0.2, 0.25) is 5.13 Å². The van der Waals surface area contributed by atoms with Gasteiger partial charge in [0.1, 0.15) is 5.75 Å². The van der Waals surface area contributed by atoms with Gasteiger partial charge in [-0.15, -0.1) is 11.3 Å². The number of hydrogen-bond donors (Lipinski definition) is 2. The van der Waals surface area contributed by atoms with Crippen LogP contribution in [0.2, 0.25) is 10.0 Å². The molecule has 0 saturated carbocycles. The summed E-state index contributed by atoms with van der Waals surface area (Å²) in [6, 6.07) is 12.4. The van der Waals surface area contributed by atoms with E-state index in [1.165, 1.54) is 17.4 Å². The Labute approximate surface area is 147 Å². The van der Waals surface area contributed by atoms with Crippen LogP contribution >= 0.6 is 34.5 Å². The fraction of sp³-hybridized carbons (Fsp3) is 0. The molecule has 1 heterocycles. The lowest BCUT2D eigenvalue weighted by atomic mass is 10.2. The van der Waals surface area contributed by atoms with Crippen LogP contribution in [0.25, 0.3) is 11.3 Å². The van der Waals surface area contributed by atoms with Crippen molar-refractivity contribution in [1.29, 1.82) is 0 Å². The lowest BCUT2D eigenvalue weighted by Crippen LogP contribution is -1.90. The Morgan fingerprint density at radius 3 is 2.65 bits per heavy atom. The van der Waals surface area contributed by atoms with E-state index in [-0.39, 0.29) is 10.8 Å². The summed E-state index contributed by atoms with van der Waals surface area (Å²) in [5.74, 6) is 0.0457.